The van der Waals surface area contributed by atoms with E-state index in [0.717, 1.165) is 0 Å². The number of hydrogen-bond donors (Lipinski definition) is 1. The summed E-state index contributed by atoms with van der Waals surface area (Å²) in [6, 6.07) is 11.9. The topological polar surface area (TPSA) is 90.9 Å². The van der Waals surface area contributed by atoms with Gasteiger partial charge in [0.05, 0.1) is 31.2 Å². The third-order valence-electron chi connectivity index (χ3n) is 4.32. The van der Waals surface area contributed by atoms with Crippen molar-refractivity contribution in [2.45, 2.75) is 25.7 Å². The lowest BCUT2D eigenvalue weighted by molar-refractivity contribution is -0.129. The van der Waals surface area contributed by atoms with Crippen LogP contribution in [0, 0.1) is 5.41 Å². The Morgan fingerprint density at radius 1 is 1.00 bits per heavy atom. The number of benzene rings is 2. The molecule has 0 aliphatic heterocycles. The maximum Gasteiger partial charge on any atom is 0.339 e. The van der Waals surface area contributed by atoms with Crippen LogP contribution in [0.15, 0.2) is 47.4 Å². The van der Waals surface area contributed by atoms with E-state index in [0.29, 0.717) is 27.6 Å². The molecule has 0 atom stereocenters. The van der Waals surface area contributed by atoms with E-state index in [-0.39, 0.29) is 24.1 Å². The molecule has 0 spiro atoms. The Morgan fingerprint density at radius 2 is 1.71 bits per heavy atom. The van der Waals surface area contributed by atoms with Crippen LogP contribution in [0.5, 0.6) is 11.5 Å². The molecule has 0 heterocycles. The molecular weight excluding hydrogens is 418 g/mol. The van der Waals surface area contributed by atoms with Gasteiger partial charge in [-0.2, -0.15) is 0 Å². The highest BCUT2D eigenvalue weighted by Crippen LogP contribution is 2.30. The maximum atomic E-state index is 12.5. The average Bonchev–Trinajstić information content (AvgIpc) is 2.75. The number of thioether (sulfide) groups is 1. The van der Waals surface area contributed by atoms with Gasteiger partial charge in [0.1, 0.15) is 11.5 Å². The minimum atomic E-state index is -0.599. The van der Waals surface area contributed by atoms with Crippen LogP contribution in [-0.4, -0.2) is 44.2 Å². The van der Waals surface area contributed by atoms with Crippen LogP contribution in [0.25, 0.3) is 0 Å². The Kier molecular flexibility index (Phi) is 8.50. The van der Waals surface area contributed by atoms with Crippen LogP contribution in [0.1, 0.15) is 31.1 Å². The van der Waals surface area contributed by atoms with Crippen molar-refractivity contribution < 1.29 is 28.6 Å². The monoisotopic (exact) mass is 445 g/mol. The van der Waals surface area contributed by atoms with Crippen molar-refractivity contribution in [3.05, 3.63) is 48.0 Å². The van der Waals surface area contributed by atoms with E-state index < -0.39 is 11.4 Å². The average molecular weight is 446 g/mol. The van der Waals surface area contributed by atoms with Crippen molar-refractivity contribution in [1.82, 2.24) is 0 Å². The van der Waals surface area contributed by atoms with Crippen LogP contribution in [0.3, 0.4) is 0 Å². The van der Waals surface area contributed by atoms with Gasteiger partial charge in [-0.05, 0) is 24.3 Å². The molecular formula is C23H27NO6S. The predicted molar refractivity (Wildman–Crippen MR) is 120 cm³/mol. The fraction of sp³-hybridized carbons (Fsp3) is 0.348. The molecule has 8 heteroatoms. The number of rotatable bonds is 9. The molecule has 1 N–H and O–H groups in total. The molecule has 0 fully saturated rings. The van der Waals surface area contributed by atoms with Crippen molar-refractivity contribution >= 4 is 35.1 Å². The van der Waals surface area contributed by atoms with Gasteiger partial charge < -0.3 is 19.5 Å². The van der Waals surface area contributed by atoms with Crippen molar-refractivity contribution in [1.29, 1.82) is 0 Å². The number of esters is 1. The van der Waals surface area contributed by atoms with Gasteiger partial charge in [0.2, 0.25) is 5.91 Å². The van der Waals surface area contributed by atoms with E-state index in [1.165, 1.54) is 18.9 Å². The highest BCUT2D eigenvalue weighted by Gasteiger charge is 2.23. The summed E-state index contributed by atoms with van der Waals surface area (Å²) in [4.78, 5) is 37.5. The lowest BCUT2D eigenvalue weighted by atomic mass is 9.91. The summed E-state index contributed by atoms with van der Waals surface area (Å²) in [5, 5.41) is 2.79. The van der Waals surface area contributed by atoms with Gasteiger partial charge in [0, 0.05) is 16.4 Å². The Bertz CT molecular complexity index is 951. The smallest absolute Gasteiger partial charge is 0.339 e. The number of carbonyl (C=O) groups excluding carboxylic acids is 3. The van der Waals surface area contributed by atoms with Gasteiger partial charge in [-0.3, -0.25) is 9.59 Å². The SMILES string of the molecule is COc1ccc(NC(=O)CSc2ccccc2C(=O)OCC(=O)C(C)(C)C)c(OC)c1. The zero-order chi connectivity index (χ0) is 23.0. The summed E-state index contributed by atoms with van der Waals surface area (Å²) >= 11 is 1.20. The summed E-state index contributed by atoms with van der Waals surface area (Å²) in [7, 11) is 3.05. The molecule has 31 heavy (non-hydrogen) atoms. The number of anilines is 1. The standard InChI is InChI=1S/C23H27NO6S/c1-23(2,3)20(25)13-30-22(27)16-8-6-7-9-19(16)31-14-21(26)24-17-11-10-15(28-4)12-18(17)29-5/h6-12H,13-14H2,1-5H3,(H,24,26). The minimum Gasteiger partial charge on any atom is -0.497 e. The molecule has 0 aliphatic rings. The number of methoxy groups -OCH3 is 2. The molecule has 0 saturated carbocycles. The molecule has 7 nitrogen and oxygen atoms in total. The Balaban J connectivity index is 2.01. The summed E-state index contributed by atoms with van der Waals surface area (Å²) in [5.74, 6) is 0.128. The first-order valence-corrected chi connectivity index (χ1v) is 10.6. The van der Waals surface area contributed by atoms with Crippen LogP contribution < -0.4 is 14.8 Å². The minimum absolute atomic E-state index is 0.0698. The Labute approximate surface area is 186 Å². The number of ketones is 1. The number of carbonyl (C=O) groups is 3. The van der Waals surface area contributed by atoms with Gasteiger partial charge in [0.25, 0.3) is 0 Å². The van der Waals surface area contributed by atoms with Crippen LogP contribution in [-0.2, 0) is 14.3 Å². The first kappa shape index (κ1) is 24.3. The normalized spacial score (nSPS) is 10.9. The van der Waals surface area contributed by atoms with E-state index in [9.17, 15) is 14.4 Å². The molecule has 0 radical (unpaired) electrons. The van der Waals surface area contributed by atoms with E-state index >= 15 is 0 Å². The number of nitrogens with one attached hydrogen (secondary N) is 1. The van der Waals surface area contributed by atoms with Gasteiger partial charge in [0.15, 0.2) is 12.4 Å². The second kappa shape index (κ2) is 10.9. The zero-order valence-corrected chi connectivity index (χ0v) is 19.1. The second-order valence-electron chi connectivity index (χ2n) is 7.65. The summed E-state index contributed by atoms with van der Waals surface area (Å²) in [5.41, 5.74) is 0.237. The van der Waals surface area contributed by atoms with Gasteiger partial charge in [-0.15, -0.1) is 11.8 Å². The largest absolute Gasteiger partial charge is 0.497 e. The third kappa shape index (κ3) is 7.03. The molecule has 2 rings (SSSR count). The van der Waals surface area contributed by atoms with Gasteiger partial charge in [-0.1, -0.05) is 32.9 Å². The molecule has 166 valence electrons. The quantitative estimate of drug-likeness (QED) is 0.457. The van der Waals surface area contributed by atoms with Crippen molar-refractivity contribution in [3.8, 4) is 11.5 Å². The maximum absolute atomic E-state index is 12.5. The van der Waals surface area contributed by atoms with Gasteiger partial charge >= 0.3 is 5.97 Å². The Hall–Kier alpha value is -3.00. The predicted octanol–water partition coefficient (Wildman–Crippen LogP) is 4.21. The summed E-state index contributed by atoms with van der Waals surface area (Å²) in [6.07, 6.45) is 0. The number of Topliss-reactive ketones (excluding diaryl/α,β-unsaturated/α-hetero) is 1. The first-order chi connectivity index (χ1) is 14.7. The van der Waals surface area contributed by atoms with E-state index in [2.05, 4.69) is 5.32 Å². The van der Waals surface area contributed by atoms with E-state index in [4.69, 9.17) is 14.2 Å². The first-order valence-electron chi connectivity index (χ1n) is 9.60. The number of hydrogen-bond acceptors (Lipinski definition) is 7. The highest BCUT2D eigenvalue weighted by molar-refractivity contribution is 8.00. The highest BCUT2D eigenvalue weighted by atomic mass is 32.2. The molecule has 2 aromatic rings. The lowest BCUT2D eigenvalue weighted by Gasteiger charge is -2.16. The van der Waals surface area contributed by atoms with E-state index in [1.54, 1.807) is 70.3 Å². The third-order valence-corrected chi connectivity index (χ3v) is 5.39. The van der Waals surface area contributed by atoms with Crippen LogP contribution in [0.2, 0.25) is 0 Å². The lowest BCUT2D eigenvalue weighted by Crippen LogP contribution is -2.26. The zero-order valence-electron chi connectivity index (χ0n) is 18.3. The number of ether oxygens (including phenoxy) is 3. The Morgan fingerprint density at radius 3 is 2.35 bits per heavy atom. The fourth-order valence-electron chi connectivity index (χ4n) is 2.42. The summed E-state index contributed by atoms with van der Waals surface area (Å²) < 4.78 is 15.6. The van der Waals surface area contributed by atoms with E-state index in [1.807, 2.05) is 0 Å². The van der Waals surface area contributed by atoms with Crippen molar-refractivity contribution in [2.24, 2.45) is 5.41 Å². The fourth-order valence-corrected chi connectivity index (χ4v) is 3.26. The van der Waals surface area contributed by atoms with Crippen LogP contribution >= 0.6 is 11.8 Å². The molecule has 0 unspecified atom stereocenters. The molecule has 2 aromatic carbocycles. The molecule has 0 bridgehead atoms. The molecule has 0 aromatic heterocycles. The molecule has 0 aliphatic carbocycles. The van der Waals surface area contributed by atoms with Gasteiger partial charge in [-0.25, -0.2) is 4.79 Å². The van der Waals surface area contributed by atoms with Crippen molar-refractivity contribution in [2.75, 3.05) is 31.9 Å². The second-order valence-corrected chi connectivity index (χ2v) is 8.67. The van der Waals surface area contributed by atoms with Crippen molar-refractivity contribution in [3.63, 3.8) is 0 Å². The molecule has 1 amide bonds. The summed E-state index contributed by atoms with van der Waals surface area (Å²) in [6.45, 7) is 5.01. The number of amides is 1. The molecule has 0 saturated heterocycles. The van der Waals surface area contributed by atoms with Crippen LogP contribution in [0.4, 0.5) is 5.69 Å².